The van der Waals surface area contributed by atoms with Crippen molar-refractivity contribution in [3.8, 4) is 11.4 Å². The molecule has 0 spiro atoms. The van der Waals surface area contributed by atoms with Crippen molar-refractivity contribution in [1.82, 2.24) is 24.9 Å². The number of benzene rings is 1. The van der Waals surface area contributed by atoms with E-state index in [1.165, 1.54) is 5.56 Å². The van der Waals surface area contributed by atoms with Crippen molar-refractivity contribution >= 4 is 5.91 Å². The van der Waals surface area contributed by atoms with Crippen LogP contribution < -0.4 is 0 Å². The number of carbonyl (C=O) groups is 1. The molecule has 1 aromatic carbocycles. The molecule has 0 radical (unpaired) electrons. The minimum atomic E-state index is 0.138. The lowest BCUT2D eigenvalue weighted by Gasteiger charge is -2.34. The fraction of sp³-hybridized carbons (Fsp3) is 0.417. The molecule has 162 valence electrons. The van der Waals surface area contributed by atoms with Gasteiger partial charge in [-0.2, -0.15) is 4.98 Å². The summed E-state index contributed by atoms with van der Waals surface area (Å²) < 4.78 is 5.37. The van der Waals surface area contributed by atoms with Crippen LogP contribution in [0, 0.1) is 0 Å². The Labute approximate surface area is 183 Å². The maximum absolute atomic E-state index is 12.6. The van der Waals surface area contributed by atoms with Gasteiger partial charge in [-0.3, -0.25) is 14.7 Å². The van der Waals surface area contributed by atoms with Crippen LogP contribution in [0.25, 0.3) is 11.4 Å². The average molecular weight is 420 g/mol. The molecule has 3 aromatic rings. The van der Waals surface area contributed by atoms with E-state index in [0.29, 0.717) is 30.5 Å². The first-order chi connectivity index (χ1) is 15.1. The van der Waals surface area contributed by atoms with Crippen LogP contribution in [0.2, 0.25) is 0 Å². The molecule has 0 saturated carbocycles. The second-order valence-corrected chi connectivity index (χ2v) is 8.27. The predicted octanol–water partition coefficient (Wildman–Crippen LogP) is 3.53. The molecule has 1 aliphatic heterocycles. The first kappa shape index (κ1) is 21.2. The Morgan fingerprint density at radius 3 is 2.52 bits per heavy atom. The lowest BCUT2D eigenvalue weighted by Crippen LogP contribution is -2.48. The summed E-state index contributed by atoms with van der Waals surface area (Å²) in [6, 6.07) is 14.2. The third-order valence-electron chi connectivity index (χ3n) is 5.69. The second kappa shape index (κ2) is 9.83. The number of rotatable bonds is 7. The highest BCUT2D eigenvalue weighted by Crippen LogP contribution is 2.21. The van der Waals surface area contributed by atoms with Crippen LogP contribution in [0.1, 0.15) is 43.3 Å². The molecule has 7 heteroatoms. The monoisotopic (exact) mass is 419 g/mol. The molecule has 0 aliphatic carbocycles. The highest BCUT2D eigenvalue weighted by molar-refractivity contribution is 5.76. The Bertz CT molecular complexity index is 977. The number of hydrogen-bond acceptors (Lipinski definition) is 6. The van der Waals surface area contributed by atoms with Crippen molar-refractivity contribution < 1.29 is 9.32 Å². The van der Waals surface area contributed by atoms with Crippen LogP contribution >= 0.6 is 0 Å². The predicted molar refractivity (Wildman–Crippen MR) is 118 cm³/mol. The number of aromatic nitrogens is 3. The van der Waals surface area contributed by atoms with Crippen molar-refractivity contribution in [3.63, 3.8) is 0 Å². The summed E-state index contributed by atoms with van der Waals surface area (Å²) in [5.74, 6) is 1.70. The molecule has 4 rings (SSSR count). The number of nitrogens with zero attached hydrogens (tertiary/aromatic N) is 5. The van der Waals surface area contributed by atoms with Crippen molar-refractivity contribution in [1.29, 1.82) is 0 Å². The van der Waals surface area contributed by atoms with E-state index in [0.717, 1.165) is 44.0 Å². The number of carbonyl (C=O) groups excluding carboxylic acids is 1. The molecule has 0 unspecified atom stereocenters. The van der Waals surface area contributed by atoms with E-state index >= 15 is 0 Å². The van der Waals surface area contributed by atoms with Gasteiger partial charge in [0.25, 0.3) is 0 Å². The summed E-state index contributed by atoms with van der Waals surface area (Å²) in [6.07, 6.45) is 2.66. The topological polar surface area (TPSA) is 75.4 Å². The largest absolute Gasteiger partial charge is 0.340 e. The highest BCUT2D eigenvalue weighted by Gasteiger charge is 2.22. The van der Waals surface area contributed by atoms with Crippen LogP contribution in [0.4, 0.5) is 0 Å². The number of aryl methyl sites for hydroxylation is 1. The molecule has 0 bridgehead atoms. The first-order valence-corrected chi connectivity index (χ1v) is 10.9. The molecule has 31 heavy (non-hydrogen) atoms. The Balaban J connectivity index is 1.24. The summed E-state index contributed by atoms with van der Waals surface area (Å²) >= 11 is 0. The van der Waals surface area contributed by atoms with Gasteiger partial charge in [0, 0.05) is 57.3 Å². The molecule has 1 aliphatic rings. The van der Waals surface area contributed by atoms with Gasteiger partial charge in [0.05, 0.1) is 5.69 Å². The number of pyridine rings is 1. The molecule has 1 fully saturated rings. The van der Waals surface area contributed by atoms with E-state index in [-0.39, 0.29) is 5.91 Å². The Kier molecular flexibility index (Phi) is 6.72. The molecule has 0 N–H and O–H groups in total. The normalized spacial score (nSPS) is 14.9. The zero-order chi connectivity index (χ0) is 21.6. The minimum Gasteiger partial charge on any atom is -0.340 e. The fourth-order valence-electron chi connectivity index (χ4n) is 3.74. The Morgan fingerprint density at radius 1 is 1.06 bits per heavy atom. The van der Waals surface area contributed by atoms with E-state index < -0.39 is 0 Å². The van der Waals surface area contributed by atoms with Gasteiger partial charge in [-0.05, 0) is 23.6 Å². The van der Waals surface area contributed by atoms with Crippen LogP contribution in [-0.2, 0) is 17.8 Å². The van der Waals surface area contributed by atoms with Crippen molar-refractivity contribution in [2.45, 2.75) is 39.2 Å². The highest BCUT2D eigenvalue weighted by atomic mass is 16.5. The zero-order valence-electron chi connectivity index (χ0n) is 18.2. The number of amides is 1. The van der Waals surface area contributed by atoms with Gasteiger partial charge in [-0.15, -0.1) is 0 Å². The first-order valence-electron chi connectivity index (χ1n) is 10.9. The van der Waals surface area contributed by atoms with Gasteiger partial charge in [0.2, 0.25) is 17.6 Å². The third-order valence-corrected chi connectivity index (χ3v) is 5.69. The van der Waals surface area contributed by atoms with E-state index in [2.05, 4.69) is 46.0 Å². The maximum atomic E-state index is 12.6. The molecule has 0 atom stereocenters. The van der Waals surface area contributed by atoms with E-state index in [1.54, 1.807) is 0 Å². The van der Waals surface area contributed by atoms with Crippen LogP contribution in [0.5, 0.6) is 0 Å². The van der Waals surface area contributed by atoms with Crippen LogP contribution in [-0.4, -0.2) is 57.0 Å². The summed E-state index contributed by atoms with van der Waals surface area (Å²) in [7, 11) is 0. The van der Waals surface area contributed by atoms with Gasteiger partial charge in [0.1, 0.15) is 0 Å². The summed E-state index contributed by atoms with van der Waals surface area (Å²) in [6.45, 7) is 8.36. The van der Waals surface area contributed by atoms with Gasteiger partial charge in [-0.1, -0.05) is 49.3 Å². The smallest absolute Gasteiger partial charge is 0.227 e. The SMILES string of the molecule is CC(C)c1ccc(-c2noc(CCC(=O)N3CCN(Cc4ccccn4)CC3)n2)cc1. The molecular weight excluding hydrogens is 390 g/mol. The molecule has 3 heterocycles. The van der Waals surface area contributed by atoms with E-state index in [4.69, 9.17) is 4.52 Å². The second-order valence-electron chi connectivity index (χ2n) is 8.27. The van der Waals surface area contributed by atoms with Gasteiger partial charge < -0.3 is 9.42 Å². The van der Waals surface area contributed by atoms with Crippen LogP contribution in [0.15, 0.2) is 53.2 Å². The standard InChI is InChI=1S/C24H29N5O2/c1-18(2)19-6-8-20(9-7-19)24-26-22(31-27-24)10-11-23(30)29-15-13-28(14-16-29)17-21-5-3-4-12-25-21/h3-9,12,18H,10-11,13-17H2,1-2H3. The van der Waals surface area contributed by atoms with E-state index in [9.17, 15) is 4.79 Å². The van der Waals surface area contributed by atoms with Crippen molar-refractivity contribution in [3.05, 3.63) is 65.8 Å². The Morgan fingerprint density at radius 2 is 1.84 bits per heavy atom. The molecule has 7 nitrogen and oxygen atoms in total. The summed E-state index contributed by atoms with van der Waals surface area (Å²) in [5, 5.41) is 4.08. The molecular formula is C24H29N5O2. The zero-order valence-corrected chi connectivity index (χ0v) is 18.2. The molecule has 1 amide bonds. The Hall–Kier alpha value is -3.06. The van der Waals surface area contributed by atoms with Crippen LogP contribution in [0.3, 0.4) is 0 Å². The van der Waals surface area contributed by atoms with Crippen molar-refractivity contribution in [2.24, 2.45) is 0 Å². The number of hydrogen-bond donors (Lipinski definition) is 0. The number of piperazine rings is 1. The minimum absolute atomic E-state index is 0.138. The quantitative estimate of drug-likeness (QED) is 0.583. The fourth-order valence-corrected chi connectivity index (χ4v) is 3.74. The lowest BCUT2D eigenvalue weighted by atomic mass is 10.0. The van der Waals surface area contributed by atoms with E-state index in [1.807, 2.05) is 41.4 Å². The summed E-state index contributed by atoms with van der Waals surface area (Å²) in [5.41, 5.74) is 3.27. The third kappa shape index (κ3) is 5.55. The van der Waals surface area contributed by atoms with Gasteiger partial charge >= 0.3 is 0 Å². The van der Waals surface area contributed by atoms with Crippen molar-refractivity contribution in [2.75, 3.05) is 26.2 Å². The van der Waals surface area contributed by atoms with Gasteiger partial charge in [-0.25, -0.2) is 0 Å². The molecule has 1 saturated heterocycles. The lowest BCUT2D eigenvalue weighted by molar-refractivity contribution is -0.133. The summed E-state index contributed by atoms with van der Waals surface area (Å²) in [4.78, 5) is 25.7. The average Bonchev–Trinajstić information content (AvgIpc) is 3.28. The maximum Gasteiger partial charge on any atom is 0.227 e. The molecule has 2 aromatic heterocycles. The van der Waals surface area contributed by atoms with Gasteiger partial charge in [0.15, 0.2) is 0 Å².